The van der Waals surface area contributed by atoms with Crippen LogP contribution in [0.1, 0.15) is 13.3 Å². The number of carbonyl (C=O) groups is 1. The van der Waals surface area contributed by atoms with Gasteiger partial charge in [0.1, 0.15) is 11.2 Å². The van der Waals surface area contributed by atoms with Crippen molar-refractivity contribution < 1.29 is 19.0 Å². The molecule has 192 valence electrons. The number of benzene rings is 1. The number of nitrogens with one attached hydrogen (secondary N) is 2. The quantitative estimate of drug-likeness (QED) is 0.325. The highest BCUT2D eigenvalue weighted by molar-refractivity contribution is 5.92. The second kappa shape index (κ2) is 9.68. The zero-order valence-electron chi connectivity index (χ0n) is 20.3. The summed E-state index contributed by atoms with van der Waals surface area (Å²) < 4.78 is 20.2. The lowest BCUT2D eigenvalue weighted by Gasteiger charge is -2.08. The smallest absolute Gasteiger partial charge is 0.333 e. The summed E-state index contributed by atoms with van der Waals surface area (Å²) in [6.45, 7) is 5.91. The fraction of sp³-hybridized carbons (Fsp3) is 0.292. The van der Waals surface area contributed by atoms with Crippen LogP contribution >= 0.6 is 0 Å². The van der Waals surface area contributed by atoms with Crippen molar-refractivity contribution in [3.63, 3.8) is 0 Å². The first-order chi connectivity index (χ1) is 17.9. The molecular weight excluding hydrogens is 482 g/mol. The molecule has 13 heteroatoms. The van der Waals surface area contributed by atoms with Crippen LogP contribution < -0.4 is 30.8 Å². The van der Waals surface area contributed by atoms with E-state index in [0.717, 1.165) is 4.57 Å². The number of ether oxygens (including phenoxy) is 3. The Bertz CT molecular complexity index is 1630. The highest BCUT2D eigenvalue weighted by Gasteiger charge is 2.20. The Morgan fingerprint density at radius 1 is 1.24 bits per heavy atom. The average molecular weight is 508 g/mol. The molecule has 1 aromatic carbocycles. The average Bonchev–Trinajstić information content (AvgIpc) is 3.61. The van der Waals surface area contributed by atoms with E-state index in [1.807, 2.05) is 6.92 Å². The molecule has 1 amide bonds. The lowest BCUT2D eigenvalue weighted by atomic mass is 10.3. The van der Waals surface area contributed by atoms with E-state index in [0.29, 0.717) is 41.7 Å². The van der Waals surface area contributed by atoms with Gasteiger partial charge in [-0.2, -0.15) is 0 Å². The number of hydrogen-bond donors (Lipinski definition) is 2. The lowest BCUT2D eigenvalue weighted by molar-refractivity contribution is -0.118. The summed E-state index contributed by atoms with van der Waals surface area (Å²) in [6, 6.07) is 6.67. The maximum absolute atomic E-state index is 12.9. The van der Waals surface area contributed by atoms with E-state index in [1.54, 1.807) is 31.3 Å². The third-order valence-corrected chi connectivity index (χ3v) is 5.73. The van der Waals surface area contributed by atoms with Gasteiger partial charge in [-0.1, -0.05) is 13.0 Å². The van der Waals surface area contributed by atoms with Crippen molar-refractivity contribution in [2.75, 3.05) is 18.7 Å². The third kappa shape index (κ3) is 4.46. The molecule has 0 bridgehead atoms. The SMILES string of the molecule is C=CCn1c(=O)c2[nH]c(-c3cc(OCC(=O)Nc4ccc5c(c4)OCO5)nn3C)nc2n(CCC)c1=O. The van der Waals surface area contributed by atoms with Gasteiger partial charge < -0.3 is 24.5 Å². The molecule has 0 saturated carbocycles. The number of hydrogen-bond acceptors (Lipinski definition) is 8. The summed E-state index contributed by atoms with van der Waals surface area (Å²) in [5.74, 6) is 1.31. The van der Waals surface area contributed by atoms with E-state index in [2.05, 4.69) is 27.0 Å². The first-order valence-electron chi connectivity index (χ1n) is 11.6. The number of amides is 1. The zero-order valence-corrected chi connectivity index (χ0v) is 20.3. The fourth-order valence-electron chi connectivity index (χ4n) is 4.05. The van der Waals surface area contributed by atoms with Crippen LogP contribution in [0.25, 0.3) is 22.7 Å². The normalized spacial score (nSPS) is 12.2. The molecule has 0 saturated heterocycles. The molecule has 0 radical (unpaired) electrons. The molecule has 4 heterocycles. The molecule has 2 N–H and O–H groups in total. The van der Waals surface area contributed by atoms with Gasteiger partial charge in [0.25, 0.3) is 11.5 Å². The number of aryl methyl sites for hydroxylation is 2. The van der Waals surface area contributed by atoms with Gasteiger partial charge in [-0.05, 0) is 18.6 Å². The number of fused-ring (bicyclic) bond motifs is 2. The zero-order chi connectivity index (χ0) is 26.1. The predicted octanol–water partition coefficient (Wildman–Crippen LogP) is 1.63. The Hall–Kier alpha value is -4.81. The molecule has 5 rings (SSSR count). The highest BCUT2D eigenvalue weighted by atomic mass is 16.7. The third-order valence-electron chi connectivity index (χ3n) is 5.73. The van der Waals surface area contributed by atoms with E-state index in [4.69, 9.17) is 14.2 Å². The van der Waals surface area contributed by atoms with Crippen molar-refractivity contribution in [3.8, 4) is 28.9 Å². The second-order valence-electron chi connectivity index (χ2n) is 8.32. The van der Waals surface area contributed by atoms with Gasteiger partial charge in [0.05, 0.1) is 0 Å². The number of H-pyrrole nitrogens is 1. The van der Waals surface area contributed by atoms with Crippen molar-refractivity contribution >= 4 is 22.8 Å². The minimum Gasteiger partial charge on any atom is -0.466 e. The highest BCUT2D eigenvalue weighted by Crippen LogP contribution is 2.34. The molecule has 37 heavy (non-hydrogen) atoms. The Balaban J connectivity index is 1.36. The number of allylic oxidation sites excluding steroid dienone is 1. The van der Waals surface area contributed by atoms with E-state index < -0.39 is 11.2 Å². The van der Waals surface area contributed by atoms with Crippen LogP contribution in [0.4, 0.5) is 5.69 Å². The molecule has 1 aliphatic heterocycles. The maximum Gasteiger partial charge on any atom is 0.333 e. The number of anilines is 1. The largest absolute Gasteiger partial charge is 0.466 e. The van der Waals surface area contributed by atoms with E-state index in [9.17, 15) is 14.4 Å². The van der Waals surface area contributed by atoms with Gasteiger partial charge in [-0.25, -0.2) is 9.78 Å². The van der Waals surface area contributed by atoms with Gasteiger partial charge in [0, 0.05) is 38.0 Å². The summed E-state index contributed by atoms with van der Waals surface area (Å²) in [5.41, 5.74) is 0.592. The van der Waals surface area contributed by atoms with Gasteiger partial charge in [-0.3, -0.25) is 23.4 Å². The topological polar surface area (TPSA) is 147 Å². The Kier molecular flexibility index (Phi) is 6.26. The van der Waals surface area contributed by atoms with Gasteiger partial charge >= 0.3 is 5.69 Å². The minimum atomic E-state index is -0.482. The number of imidazole rings is 1. The second-order valence-corrected chi connectivity index (χ2v) is 8.32. The lowest BCUT2D eigenvalue weighted by Crippen LogP contribution is -2.39. The van der Waals surface area contributed by atoms with Crippen molar-refractivity contribution in [1.29, 1.82) is 0 Å². The molecule has 0 fully saturated rings. The Labute approximate surface area is 209 Å². The minimum absolute atomic E-state index is 0.0870. The number of aromatic nitrogens is 6. The molecule has 13 nitrogen and oxygen atoms in total. The van der Waals surface area contributed by atoms with Crippen LogP contribution in [-0.2, 0) is 24.9 Å². The molecule has 0 spiro atoms. The van der Waals surface area contributed by atoms with Crippen LogP contribution in [0.5, 0.6) is 17.4 Å². The molecule has 4 aromatic rings. The summed E-state index contributed by atoms with van der Waals surface area (Å²) in [4.78, 5) is 45.7. The summed E-state index contributed by atoms with van der Waals surface area (Å²) in [5, 5.41) is 7.01. The van der Waals surface area contributed by atoms with Crippen molar-refractivity contribution in [2.45, 2.75) is 26.4 Å². The number of aromatic amines is 1. The summed E-state index contributed by atoms with van der Waals surface area (Å²) >= 11 is 0. The van der Waals surface area contributed by atoms with Gasteiger partial charge in [0.15, 0.2) is 29.6 Å². The molecule has 1 aliphatic rings. The summed E-state index contributed by atoms with van der Waals surface area (Å²) in [6.07, 6.45) is 2.18. The van der Waals surface area contributed by atoms with E-state index in [1.165, 1.54) is 15.3 Å². The molecular formula is C24H25N7O6. The van der Waals surface area contributed by atoms with Crippen molar-refractivity contribution in [1.82, 2.24) is 28.9 Å². The van der Waals surface area contributed by atoms with Crippen LogP contribution in [-0.4, -0.2) is 48.2 Å². The maximum atomic E-state index is 12.9. The van der Waals surface area contributed by atoms with Gasteiger partial charge in [0.2, 0.25) is 12.7 Å². The standard InChI is InChI=1S/C24H25N7O6/c1-4-8-30-22-20(23(33)31(9-5-2)24(30)34)26-21(27-22)15-11-19(28-29(15)3)35-12-18(32)25-14-6-7-16-17(10-14)37-13-36-16/h5-7,10-11H,2,4,8-9,12-13H2,1,3H3,(H,25,32)(H,26,27). The van der Waals surface area contributed by atoms with Crippen molar-refractivity contribution in [2.24, 2.45) is 7.05 Å². The van der Waals surface area contributed by atoms with Crippen LogP contribution in [0.15, 0.2) is 46.5 Å². The predicted molar refractivity (Wildman–Crippen MR) is 134 cm³/mol. The van der Waals surface area contributed by atoms with Crippen LogP contribution in [0.3, 0.4) is 0 Å². The molecule has 0 aliphatic carbocycles. The van der Waals surface area contributed by atoms with Gasteiger partial charge in [-0.15, -0.1) is 11.7 Å². The number of nitrogens with zero attached hydrogens (tertiary/aromatic N) is 5. The fourth-order valence-corrected chi connectivity index (χ4v) is 4.05. The number of carbonyl (C=O) groups excluding carboxylic acids is 1. The first-order valence-corrected chi connectivity index (χ1v) is 11.6. The monoisotopic (exact) mass is 507 g/mol. The van der Waals surface area contributed by atoms with Crippen LogP contribution in [0.2, 0.25) is 0 Å². The number of rotatable bonds is 9. The summed E-state index contributed by atoms with van der Waals surface area (Å²) in [7, 11) is 1.68. The Morgan fingerprint density at radius 3 is 2.84 bits per heavy atom. The molecule has 0 unspecified atom stereocenters. The first kappa shape index (κ1) is 23.9. The van der Waals surface area contributed by atoms with Crippen LogP contribution in [0, 0.1) is 0 Å². The Morgan fingerprint density at radius 2 is 2.05 bits per heavy atom. The molecule has 3 aromatic heterocycles. The van der Waals surface area contributed by atoms with E-state index >= 15 is 0 Å². The van der Waals surface area contributed by atoms with E-state index in [-0.39, 0.29) is 42.9 Å². The van der Waals surface area contributed by atoms with Crippen molar-refractivity contribution in [3.05, 3.63) is 57.8 Å². The molecule has 0 atom stereocenters.